The SMILES string of the molecule is CC(C)N1C[C@@H](C(=O)Nc2scnc2-c2ccc(F)cc2)CC1=O. The molecule has 1 aliphatic heterocycles. The number of rotatable bonds is 4. The van der Waals surface area contributed by atoms with Gasteiger partial charge in [0.25, 0.3) is 0 Å². The molecular weight excluding hydrogens is 329 g/mol. The van der Waals surface area contributed by atoms with E-state index in [2.05, 4.69) is 10.3 Å². The van der Waals surface area contributed by atoms with Crippen LogP contribution < -0.4 is 5.32 Å². The smallest absolute Gasteiger partial charge is 0.230 e. The van der Waals surface area contributed by atoms with Gasteiger partial charge in [0, 0.05) is 24.6 Å². The summed E-state index contributed by atoms with van der Waals surface area (Å²) in [5, 5.41) is 3.48. The average Bonchev–Trinajstić information content (AvgIpc) is 3.15. The first-order valence-electron chi connectivity index (χ1n) is 7.75. The highest BCUT2D eigenvalue weighted by molar-refractivity contribution is 7.14. The Morgan fingerprint density at radius 3 is 2.71 bits per heavy atom. The molecule has 24 heavy (non-hydrogen) atoms. The van der Waals surface area contributed by atoms with Crippen molar-refractivity contribution in [3.63, 3.8) is 0 Å². The van der Waals surface area contributed by atoms with E-state index < -0.39 is 0 Å². The zero-order valence-electron chi connectivity index (χ0n) is 13.5. The fourth-order valence-electron chi connectivity index (χ4n) is 2.77. The van der Waals surface area contributed by atoms with E-state index >= 15 is 0 Å². The first-order valence-corrected chi connectivity index (χ1v) is 8.63. The monoisotopic (exact) mass is 347 g/mol. The van der Waals surface area contributed by atoms with Crippen LogP contribution in [0.25, 0.3) is 11.3 Å². The Balaban J connectivity index is 1.73. The van der Waals surface area contributed by atoms with Gasteiger partial charge in [-0.25, -0.2) is 9.37 Å². The summed E-state index contributed by atoms with van der Waals surface area (Å²) in [7, 11) is 0. The first kappa shape index (κ1) is 16.6. The van der Waals surface area contributed by atoms with Gasteiger partial charge in [0.2, 0.25) is 11.8 Å². The van der Waals surface area contributed by atoms with E-state index in [0.29, 0.717) is 17.2 Å². The summed E-state index contributed by atoms with van der Waals surface area (Å²) in [6.45, 7) is 4.31. The summed E-state index contributed by atoms with van der Waals surface area (Å²) < 4.78 is 13.1. The topological polar surface area (TPSA) is 62.3 Å². The van der Waals surface area contributed by atoms with Crippen molar-refractivity contribution in [2.24, 2.45) is 5.92 Å². The molecule has 1 aromatic heterocycles. The Hall–Kier alpha value is -2.28. The van der Waals surface area contributed by atoms with E-state index in [0.717, 1.165) is 5.56 Å². The molecule has 1 saturated heterocycles. The van der Waals surface area contributed by atoms with Gasteiger partial charge in [0.1, 0.15) is 16.5 Å². The average molecular weight is 347 g/mol. The molecule has 3 rings (SSSR count). The molecule has 7 heteroatoms. The number of hydrogen-bond acceptors (Lipinski definition) is 4. The van der Waals surface area contributed by atoms with Crippen LogP contribution in [0, 0.1) is 11.7 Å². The summed E-state index contributed by atoms with van der Waals surface area (Å²) >= 11 is 1.31. The highest BCUT2D eigenvalue weighted by Crippen LogP contribution is 2.31. The van der Waals surface area contributed by atoms with Crippen LogP contribution in [0.15, 0.2) is 29.8 Å². The molecule has 1 aliphatic rings. The molecule has 0 radical (unpaired) electrons. The van der Waals surface area contributed by atoms with E-state index in [1.54, 1.807) is 22.5 Å². The number of anilines is 1. The predicted octanol–water partition coefficient (Wildman–Crippen LogP) is 3.14. The highest BCUT2D eigenvalue weighted by atomic mass is 32.1. The minimum atomic E-state index is -0.358. The number of hydrogen-bond donors (Lipinski definition) is 1. The van der Waals surface area contributed by atoms with E-state index in [1.165, 1.54) is 23.5 Å². The van der Waals surface area contributed by atoms with E-state index in [4.69, 9.17) is 0 Å². The van der Waals surface area contributed by atoms with Crippen molar-refractivity contribution < 1.29 is 14.0 Å². The lowest BCUT2D eigenvalue weighted by molar-refractivity contribution is -0.129. The second kappa shape index (κ2) is 6.68. The van der Waals surface area contributed by atoms with Crippen molar-refractivity contribution in [2.75, 3.05) is 11.9 Å². The molecule has 0 spiro atoms. The maximum Gasteiger partial charge on any atom is 0.230 e. The molecule has 1 N–H and O–H groups in total. The molecular formula is C17H18FN3O2S. The fraction of sp³-hybridized carbons (Fsp3) is 0.353. The summed E-state index contributed by atoms with van der Waals surface area (Å²) in [5.74, 6) is -0.854. The van der Waals surface area contributed by atoms with Gasteiger partial charge in [-0.2, -0.15) is 0 Å². The van der Waals surface area contributed by atoms with E-state index in [-0.39, 0.29) is 36.0 Å². The van der Waals surface area contributed by atoms with Crippen molar-refractivity contribution in [1.82, 2.24) is 9.88 Å². The van der Waals surface area contributed by atoms with Crippen LogP contribution >= 0.6 is 11.3 Å². The number of nitrogens with one attached hydrogen (secondary N) is 1. The molecule has 0 saturated carbocycles. The number of benzene rings is 1. The largest absolute Gasteiger partial charge is 0.339 e. The number of likely N-dealkylation sites (tertiary alicyclic amines) is 1. The summed E-state index contributed by atoms with van der Waals surface area (Å²) in [4.78, 5) is 30.4. The molecule has 1 fully saturated rings. The van der Waals surface area contributed by atoms with Crippen LogP contribution in [0.5, 0.6) is 0 Å². The van der Waals surface area contributed by atoms with Crippen LogP contribution in [-0.4, -0.2) is 34.3 Å². The van der Waals surface area contributed by atoms with Gasteiger partial charge in [-0.1, -0.05) is 0 Å². The van der Waals surface area contributed by atoms with Crippen molar-refractivity contribution in [3.8, 4) is 11.3 Å². The maximum absolute atomic E-state index is 13.1. The lowest BCUT2D eigenvalue weighted by Crippen LogP contribution is -2.33. The van der Waals surface area contributed by atoms with Gasteiger partial charge in [0.05, 0.1) is 11.4 Å². The van der Waals surface area contributed by atoms with Gasteiger partial charge in [-0.3, -0.25) is 9.59 Å². The van der Waals surface area contributed by atoms with Crippen LogP contribution in [0.1, 0.15) is 20.3 Å². The Labute approximate surface area is 143 Å². The molecule has 126 valence electrons. The number of aromatic nitrogens is 1. The highest BCUT2D eigenvalue weighted by Gasteiger charge is 2.35. The predicted molar refractivity (Wildman–Crippen MR) is 91.1 cm³/mol. The maximum atomic E-state index is 13.1. The van der Waals surface area contributed by atoms with Crippen molar-refractivity contribution in [1.29, 1.82) is 0 Å². The third-order valence-electron chi connectivity index (χ3n) is 4.07. The van der Waals surface area contributed by atoms with Gasteiger partial charge >= 0.3 is 0 Å². The van der Waals surface area contributed by atoms with E-state index in [1.807, 2.05) is 13.8 Å². The molecule has 1 aromatic carbocycles. The van der Waals surface area contributed by atoms with E-state index in [9.17, 15) is 14.0 Å². The number of halogens is 1. The molecule has 2 aromatic rings. The van der Waals surface area contributed by atoms with Gasteiger partial charge in [-0.05, 0) is 38.1 Å². The molecule has 1 atom stereocenters. The number of thiazole rings is 1. The fourth-order valence-corrected chi connectivity index (χ4v) is 3.47. The van der Waals surface area contributed by atoms with Crippen LogP contribution in [0.3, 0.4) is 0 Å². The lowest BCUT2D eigenvalue weighted by Gasteiger charge is -2.20. The van der Waals surface area contributed by atoms with Crippen LogP contribution in [-0.2, 0) is 9.59 Å². The minimum absolute atomic E-state index is 0.00760. The van der Waals surface area contributed by atoms with Crippen LogP contribution in [0.2, 0.25) is 0 Å². The zero-order chi connectivity index (χ0) is 17.3. The molecule has 0 aliphatic carbocycles. The minimum Gasteiger partial charge on any atom is -0.339 e. The van der Waals surface area contributed by atoms with Crippen molar-refractivity contribution >= 4 is 28.2 Å². The third-order valence-corrected chi connectivity index (χ3v) is 4.82. The Morgan fingerprint density at radius 1 is 1.38 bits per heavy atom. The second-order valence-corrected chi connectivity index (χ2v) is 6.92. The quantitative estimate of drug-likeness (QED) is 0.924. The number of nitrogens with zero attached hydrogens (tertiary/aromatic N) is 2. The number of carbonyl (C=O) groups excluding carboxylic acids is 2. The van der Waals surface area contributed by atoms with Gasteiger partial charge < -0.3 is 10.2 Å². The summed E-state index contributed by atoms with van der Waals surface area (Å²) in [6.07, 6.45) is 0.231. The van der Waals surface area contributed by atoms with Gasteiger partial charge in [-0.15, -0.1) is 11.3 Å². The van der Waals surface area contributed by atoms with Crippen LogP contribution in [0.4, 0.5) is 9.39 Å². The van der Waals surface area contributed by atoms with Gasteiger partial charge in [0.15, 0.2) is 0 Å². The lowest BCUT2D eigenvalue weighted by atomic mass is 10.1. The Kier molecular flexibility index (Phi) is 4.62. The third kappa shape index (κ3) is 3.31. The molecule has 0 unspecified atom stereocenters. The second-order valence-electron chi connectivity index (χ2n) is 6.07. The Bertz CT molecular complexity index is 757. The number of amides is 2. The molecule has 2 amide bonds. The summed E-state index contributed by atoms with van der Waals surface area (Å²) in [6, 6.07) is 6.06. The molecule has 0 bridgehead atoms. The van der Waals surface area contributed by atoms with Crippen molar-refractivity contribution in [3.05, 3.63) is 35.6 Å². The zero-order valence-corrected chi connectivity index (χ0v) is 14.3. The molecule has 2 heterocycles. The Morgan fingerprint density at radius 2 is 2.08 bits per heavy atom. The normalized spacial score (nSPS) is 17.6. The summed E-state index contributed by atoms with van der Waals surface area (Å²) in [5.41, 5.74) is 2.98. The first-order chi connectivity index (χ1) is 11.5. The van der Waals surface area contributed by atoms with Crippen molar-refractivity contribution in [2.45, 2.75) is 26.3 Å². The number of carbonyl (C=O) groups is 2. The standard InChI is InChI=1S/C17H18FN3O2S/c1-10(2)21-8-12(7-14(21)22)16(23)20-17-15(19-9-24-17)11-3-5-13(18)6-4-11/h3-6,9-10,12H,7-8H2,1-2H3,(H,20,23)/t12-/m0/s1. The molecule has 5 nitrogen and oxygen atoms in total.